The second-order valence-corrected chi connectivity index (χ2v) is 6.93. The van der Waals surface area contributed by atoms with Crippen LogP contribution in [0.4, 0.5) is 11.4 Å². The van der Waals surface area contributed by atoms with E-state index in [0.29, 0.717) is 5.69 Å². The summed E-state index contributed by atoms with van der Waals surface area (Å²) in [6, 6.07) is 20.4. The highest BCUT2D eigenvalue weighted by Gasteiger charge is 2.17. The van der Waals surface area contributed by atoms with E-state index in [4.69, 9.17) is 0 Å². The average Bonchev–Trinajstić information content (AvgIpc) is 3.17. The summed E-state index contributed by atoms with van der Waals surface area (Å²) in [5.41, 5.74) is 2.54. The number of H-pyrrole nitrogens is 1. The molecule has 0 bridgehead atoms. The van der Waals surface area contributed by atoms with Crippen molar-refractivity contribution in [2.24, 2.45) is 0 Å². The summed E-state index contributed by atoms with van der Waals surface area (Å²) in [4.78, 5) is 40.0. The van der Waals surface area contributed by atoms with Crippen molar-refractivity contribution in [3.05, 3.63) is 95.7 Å². The number of carbonyl (C=O) groups excluding carboxylic acids is 2. The highest BCUT2D eigenvalue weighted by Crippen LogP contribution is 2.22. The molecule has 0 saturated heterocycles. The van der Waals surface area contributed by atoms with Gasteiger partial charge in [-0.05, 0) is 35.9 Å². The smallest absolute Gasteiger partial charge is 0.337 e. The quantitative estimate of drug-likeness (QED) is 0.378. The van der Waals surface area contributed by atoms with Crippen molar-refractivity contribution >= 4 is 40.1 Å². The molecule has 154 valence electrons. The van der Waals surface area contributed by atoms with Gasteiger partial charge in [0.25, 0.3) is 5.91 Å². The van der Waals surface area contributed by atoms with Gasteiger partial charge in [-0.1, -0.05) is 42.5 Å². The molecule has 7 heteroatoms. The van der Waals surface area contributed by atoms with Gasteiger partial charge in [0, 0.05) is 17.1 Å². The Morgan fingerprint density at radius 2 is 1.39 bits per heavy atom. The Bertz CT molecular complexity index is 1290. The first kappa shape index (κ1) is 19.9. The van der Waals surface area contributed by atoms with Gasteiger partial charge in [0.1, 0.15) is 0 Å². The van der Waals surface area contributed by atoms with Crippen LogP contribution in [-0.2, 0) is 11.2 Å². The van der Waals surface area contributed by atoms with Gasteiger partial charge in [-0.3, -0.25) is 9.59 Å². The van der Waals surface area contributed by atoms with E-state index in [1.54, 1.807) is 42.6 Å². The highest BCUT2D eigenvalue weighted by atomic mass is 16.4. The third-order valence-corrected chi connectivity index (χ3v) is 4.88. The molecule has 0 aliphatic rings. The van der Waals surface area contributed by atoms with Gasteiger partial charge >= 0.3 is 5.97 Å². The first-order valence-corrected chi connectivity index (χ1v) is 9.60. The second-order valence-electron chi connectivity index (χ2n) is 6.93. The fourth-order valence-corrected chi connectivity index (χ4v) is 3.40. The fraction of sp³-hybridized carbons (Fsp3) is 0.0417. The summed E-state index contributed by atoms with van der Waals surface area (Å²) in [6.07, 6.45) is 1.94. The Labute approximate surface area is 177 Å². The molecule has 0 saturated carbocycles. The molecule has 1 heterocycles. The molecule has 0 unspecified atom stereocenters. The van der Waals surface area contributed by atoms with Gasteiger partial charge in [-0.15, -0.1) is 0 Å². The third-order valence-electron chi connectivity index (χ3n) is 4.88. The van der Waals surface area contributed by atoms with Crippen LogP contribution in [0, 0.1) is 0 Å². The number of benzene rings is 3. The molecule has 4 rings (SSSR count). The van der Waals surface area contributed by atoms with E-state index >= 15 is 0 Å². The predicted molar refractivity (Wildman–Crippen MR) is 118 cm³/mol. The zero-order valence-electron chi connectivity index (χ0n) is 16.4. The van der Waals surface area contributed by atoms with Crippen molar-refractivity contribution in [3.8, 4) is 0 Å². The van der Waals surface area contributed by atoms with Crippen LogP contribution in [0.1, 0.15) is 26.3 Å². The Morgan fingerprint density at radius 3 is 2.13 bits per heavy atom. The SMILES string of the molecule is O=C(Cc1c[nH]c2ccccc12)Nc1ccccc1C(=O)Nc1ccccc1C(=O)O. The van der Waals surface area contributed by atoms with E-state index in [0.717, 1.165) is 16.5 Å². The van der Waals surface area contributed by atoms with Gasteiger partial charge in [-0.25, -0.2) is 4.79 Å². The van der Waals surface area contributed by atoms with Crippen LogP contribution < -0.4 is 10.6 Å². The number of carboxylic acid groups (broad SMARTS) is 1. The zero-order chi connectivity index (χ0) is 21.8. The number of carbonyl (C=O) groups is 3. The number of hydrogen-bond acceptors (Lipinski definition) is 3. The molecular weight excluding hydrogens is 394 g/mol. The maximum Gasteiger partial charge on any atom is 0.337 e. The summed E-state index contributed by atoms with van der Waals surface area (Å²) < 4.78 is 0. The van der Waals surface area contributed by atoms with E-state index in [1.165, 1.54) is 12.1 Å². The standard InChI is InChI=1S/C24H19N3O4/c28-22(13-15-14-25-19-10-4-1-7-16(15)19)26-20-11-5-2-8-17(20)23(29)27-21-12-6-3-9-18(21)24(30)31/h1-12,14,25H,13H2,(H,26,28)(H,27,29)(H,30,31). The maximum absolute atomic E-state index is 12.8. The normalized spacial score (nSPS) is 10.6. The molecule has 0 radical (unpaired) electrons. The second kappa shape index (κ2) is 8.54. The Kier molecular flexibility index (Phi) is 5.49. The largest absolute Gasteiger partial charge is 0.478 e. The number of anilines is 2. The number of hydrogen-bond donors (Lipinski definition) is 4. The molecule has 0 aliphatic heterocycles. The topological polar surface area (TPSA) is 111 Å². The van der Waals surface area contributed by atoms with Crippen molar-refractivity contribution in [1.29, 1.82) is 0 Å². The summed E-state index contributed by atoms with van der Waals surface area (Å²) in [7, 11) is 0. The van der Waals surface area contributed by atoms with Crippen LogP contribution in [0.25, 0.3) is 10.9 Å². The molecule has 0 spiro atoms. The lowest BCUT2D eigenvalue weighted by Crippen LogP contribution is -2.20. The zero-order valence-corrected chi connectivity index (χ0v) is 16.4. The van der Waals surface area contributed by atoms with Gasteiger partial charge < -0.3 is 20.7 Å². The van der Waals surface area contributed by atoms with Gasteiger partial charge in [0.15, 0.2) is 0 Å². The Morgan fingerprint density at radius 1 is 0.774 bits per heavy atom. The molecule has 0 aliphatic carbocycles. The van der Waals surface area contributed by atoms with Gasteiger partial charge in [0.05, 0.1) is 28.9 Å². The van der Waals surface area contributed by atoms with Gasteiger partial charge in [-0.2, -0.15) is 0 Å². The van der Waals surface area contributed by atoms with Crippen LogP contribution in [0.15, 0.2) is 79.0 Å². The van der Waals surface area contributed by atoms with Crippen molar-refractivity contribution in [2.75, 3.05) is 10.6 Å². The van der Waals surface area contributed by atoms with Crippen molar-refractivity contribution in [3.63, 3.8) is 0 Å². The van der Waals surface area contributed by atoms with Crippen LogP contribution in [-0.4, -0.2) is 27.9 Å². The molecule has 1 aromatic heterocycles. The number of rotatable bonds is 6. The summed E-state index contributed by atoms with van der Waals surface area (Å²) in [6.45, 7) is 0. The third kappa shape index (κ3) is 4.30. The molecule has 0 atom stereocenters. The average molecular weight is 413 g/mol. The van der Waals surface area contributed by atoms with Crippen LogP contribution >= 0.6 is 0 Å². The van der Waals surface area contributed by atoms with E-state index in [2.05, 4.69) is 15.6 Å². The summed E-state index contributed by atoms with van der Waals surface area (Å²) in [5.74, 6) is -1.93. The minimum absolute atomic E-state index is 0.0169. The first-order valence-electron chi connectivity index (χ1n) is 9.60. The monoisotopic (exact) mass is 413 g/mol. The van der Waals surface area contributed by atoms with E-state index < -0.39 is 11.9 Å². The predicted octanol–water partition coefficient (Wildman–Crippen LogP) is 4.30. The van der Waals surface area contributed by atoms with E-state index in [-0.39, 0.29) is 29.1 Å². The first-order chi connectivity index (χ1) is 15.0. The number of aromatic amines is 1. The lowest BCUT2D eigenvalue weighted by atomic mass is 10.1. The minimum Gasteiger partial charge on any atom is -0.478 e. The number of nitrogens with one attached hydrogen (secondary N) is 3. The molecule has 7 nitrogen and oxygen atoms in total. The van der Waals surface area contributed by atoms with E-state index in [1.807, 2.05) is 24.3 Å². The van der Waals surface area contributed by atoms with Crippen LogP contribution in [0.2, 0.25) is 0 Å². The minimum atomic E-state index is -1.14. The molecule has 31 heavy (non-hydrogen) atoms. The lowest BCUT2D eigenvalue weighted by molar-refractivity contribution is -0.115. The van der Waals surface area contributed by atoms with Crippen LogP contribution in [0.3, 0.4) is 0 Å². The fourth-order valence-electron chi connectivity index (χ4n) is 3.40. The Hall–Kier alpha value is -4.39. The highest BCUT2D eigenvalue weighted by molar-refractivity contribution is 6.12. The Balaban J connectivity index is 1.52. The van der Waals surface area contributed by atoms with Crippen molar-refractivity contribution in [1.82, 2.24) is 4.98 Å². The maximum atomic E-state index is 12.8. The number of fused-ring (bicyclic) bond motifs is 1. The number of carboxylic acids is 1. The lowest BCUT2D eigenvalue weighted by Gasteiger charge is -2.12. The molecule has 3 aromatic carbocycles. The molecule has 4 N–H and O–H groups in total. The van der Waals surface area contributed by atoms with Crippen molar-refractivity contribution in [2.45, 2.75) is 6.42 Å². The number of amides is 2. The van der Waals surface area contributed by atoms with Gasteiger partial charge in [0.2, 0.25) is 5.91 Å². The van der Waals surface area contributed by atoms with Crippen molar-refractivity contribution < 1.29 is 19.5 Å². The summed E-state index contributed by atoms with van der Waals surface area (Å²) in [5, 5.41) is 15.7. The van der Waals surface area contributed by atoms with E-state index in [9.17, 15) is 19.5 Å². The molecule has 0 fully saturated rings. The molecule has 2 amide bonds. The molecular formula is C24H19N3O4. The number of para-hydroxylation sites is 3. The number of aromatic nitrogens is 1. The number of aromatic carboxylic acids is 1. The molecule has 4 aromatic rings. The summed E-state index contributed by atoms with van der Waals surface area (Å²) >= 11 is 0. The van der Waals surface area contributed by atoms with Crippen LogP contribution in [0.5, 0.6) is 0 Å².